The molecule has 1 aliphatic carbocycles. The molecule has 0 saturated heterocycles. The van der Waals surface area contributed by atoms with Gasteiger partial charge in [-0.2, -0.15) is 0 Å². The summed E-state index contributed by atoms with van der Waals surface area (Å²) in [4.78, 5) is 36.0. The number of carbonyl (C=O) groups is 3. The van der Waals surface area contributed by atoms with Gasteiger partial charge in [0.25, 0.3) is 5.91 Å². The van der Waals surface area contributed by atoms with Crippen molar-refractivity contribution in [3.63, 3.8) is 0 Å². The van der Waals surface area contributed by atoms with Crippen LogP contribution in [0, 0.1) is 6.92 Å². The van der Waals surface area contributed by atoms with Crippen LogP contribution in [0.15, 0.2) is 28.7 Å². The van der Waals surface area contributed by atoms with E-state index in [9.17, 15) is 14.4 Å². The van der Waals surface area contributed by atoms with Gasteiger partial charge in [-0.15, -0.1) is 0 Å². The Kier molecular flexibility index (Phi) is 2.19. The van der Waals surface area contributed by atoms with Gasteiger partial charge < -0.3 is 10.2 Å². The number of amides is 1. The molecule has 0 spiro atoms. The number of carbonyl (C=O) groups excluding carboxylic acids is 3. The van der Waals surface area contributed by atoms with Gasteiger partial charge in [0, 0.05) is 11.1 Å². The lowest BCUT2D eigenvalue weighted by Crippen LogP contribution is -2.23. The lowest BCUT2D eigenvalue weighted by molar-refractivity contribution is 0.0955. The molecular formula is C14H9NO4. The number of primary amides is 1. The van der Waals surface area contributed by atoms with Crippen LogP contribution in [0.1, 0.15) is 48.2 Å². The summed E-state index contributed by atoms with van der Waals surface area (Å²) < 4.78 is 5.27. The number of benzene rings is 1. The molecule has 2 aromatic rings. The highest BCUT2D eigenvalue weighted by atomic mass is 16.4. The Labute approximate surface area is 108 Å². The molecular weight excluding hydrogens is 246 g/mol. The molecule has 1 aromatic heterocycles. The third-order valence-corrected chi connectivity index (χ3v) is 3.18. The first-order valence-corrected chi connectivity index (χ1v) is 5.64. The molecule has 0 atom stereocenters. The van der Waals surface area contributed by atoms with Gasteiger partial charge in [0.15, 0.2) is 11.5 Å². The van der Waals surface area contributed by atoms with Gasteiger partial charge in [-0.05, 0) is 6.92 Å². The zero-order valence-electron chi connectivity index (χ0n) is 10.0. The molecule has 1 heterocycles. The molecule has 1 amide bonds. The summed E-state index contributed by atoms with van der Waals surface area (Å²) in [6.07, 6.45) is 0. The van der Waals surface area contributed by atoms with Crippen LogP contribution in [-0.4, -0.2) is 17.5 Å². The van der Waals surface area contributed by atoms with E-state index in [1.165, 1.54) is 6.92 Å². The van der Waals surface area contributed by atoms with Crippen LogP contribution in [0.25, 0.3) is 0 Å². The van der Waals surface area contributed by atoms with E-state index in [0.29, 0.717) is 0 Å². The second-order valence-corrected chi connectivity index (χ2v) is 4.31. The summed E-state index contributed by atoms with van der Waals surface area (Å²) in [5, 5.41) is 0. The molecule has 19 heavy (non-hydrogen) atoms. The number of nitrogens with two attached hydrogens (primary N) is 1. The Balaban J connectivity index is 2.37. The first-order chi connectivity index (χ1) is 9.02. The first kappa shape index (κ1) is 11.4. The fourth-order valence-electron chi connectivity index (χ4n) is 2.35. The summed E-state index contributed by atoms with van der Waals surface area (Å²) in [6.45, 7) is 1.50. The molecule has 0 saturated carbocycles. The van der Waals surface area contributed by atoms with Crippen LogP contribution in [0.3, 0.4) is 0 Å². The smallest absolute Gasteiger partial charge is 0.253 e. The van der Waals surface area contributed by atoms with Gasteiger partial charge in [-0.1, -0.05) is 24.3 Å². The van der Waals surface area contributed by atoms with E-state index in [2.05, 4.69) is 0 Å². The van der Waals surface area contributed by atoms with Crippen molar-refractivity contribution in [3.8, 4) is 0 Å². The average Bonchev–Trinajstić information content (AvgIpc) is 2.74. The molecule has 2 N–H and O–H groups in total. The molecule has 94 valence electrons. The van der Waals surface area contributed by atoms with Crippen molar-refractivity contribution < 1.29 is 18.8 Å². The van der Waals surface area contributed by atoms with Gasteiger partial charge in [-0.3, -0.25) is 14.4 Å². The highest BCUT2D eigenvalue weighted by Gasteiger charge is 2.37. The maximum atomic E-state index is 12.4. The molecule has 0 aliphatic heterocycles. The molecule has 5 nitrogen and oxygen atoms in total. The first-order valence-electron chi connectivity index (χ1n) is 5.64. The SMILES string of the molecule is Cc1oc2c(c1C(N)=O)C(=O)c1ccccc1C2=O. The van der Waals surface area contributed by atoms with Crippen molar-refractivity contribution in [2.45, 2.75) is 6.92 Å². The Morgan fingerprint density at radius 2 is 1.68 bits per heavy atom. The minimum Gasteiger partial charge on any atom is -0.456 e. The zero-order chi connectivity index (χ0) is 13.7. The summed E-state index contributed by atoms with van der Waals surface area (Å²) in [5.41, 5.74) is 5.77. The van der Waals surface area contributed by atoms with Gasteiger partial charge in [-0.25, -0.2) is 0 Å². The quantitative estimate of drug-likeness (QED) is 0.712. The second kappa shape index (κ2) is 3.65. The maximum absolute atomic E-state index is 12.4. The van der Waals surface area contributed by atoms with E-state index < -0.39 is 17.5 Å². The van der Waals surface area contributed by atoms with Gasteiger partial charge in [0.05, 0.1) is 11.1 Å². The summed E-state index contributed by atoms with van der Waals surface area (Å²) in [7, 11) is 0. The largest absolute Gasteiger partial charge is 0.456 e. The van der Waals surface area contributed by atoms with Crippen LogP contribution in [0.4, 0.5) is 0 Å². The van der Waals surface area contributed by atoms with Crippen molar-refractivity contribution in [2.24, 2.45) is 5.73 Å². The number of aryl methyl sites for hydroxylation is 1. The number of ketones is 2. The Hall–Kier alpha value is -2.69. The predicted molar refractivity (Wildman–Crippen MR) is 65.3 cm³/mol. The van der Waals surface area contributed by atoms with E-state index >= 15 is 0 Å². The molecule has 3 rings (SSSR count). The van der Waals surface area contributed by atoms with Crippen LogP contribution >= 0.6 is 0 Å². The Morgan fingerprint density at radius 3 is 2.26 bits per heavy atom. The third-order valence-electron chi connectivity index (χ3n) is 3.18. The van der Waals surface area contributed by atoms with Gasteiger partial charge >= 0.3 is 0 Å². The lowest BCUT2D eigenvalue weighted by atomic mass is 9.86. The number of hydrogen-bond donors (Lipinski definition) is 1. The van der Waals surface area contributed by atoms with Gasteiger partial charge in [0.2, 0.25) is 5.78 Å². The molecule has 0 fully saturated rings. The van der Waals surface area contributed by atoms with E-state index in [1.54, 1.807) is 24.3 Å². The van der Waals surface area contributed by atoms with Crippen molar-refractivity contribution in [1.82, 2.24) is 0 Å². The summed E-state index contributed by atoms with van der Waals surface area (Å²) in [6, 6.07) is 6.43. The lowest BCUT2D eigenvalue weighted by Gasteiger charge is -2.12. The van der Waals surface area contributed by atoms with E-state index in [-0.39, 0.29) is 33.8 Å². The normalized spacial score (nSPS) is 13.1. The van der Waals surface area contributed by atoms with Gasteiger partial charge in [0.1, 0.15) is 5.76 Å². The van der Waals surface area contributed by atoms with Crippen LogP contribution in [0.2, 0.25) is 0 Å². The minimum atomic E-state index is -0.775. The molecule has 0 radical (unpaired) electrons. The van der Waals surface area contributed by atoms with Crippen molar-refractivity contribution in [2.75, 3.05) is 0 Å². The molecule has 1 aliphatic rings. The summed E-state index contributed by atoms with van der Waals surface area (Å²) in [5.74, 6) is -1.50. The molecule has 1 aromatic carbocycles. The van der Waals surface area contributed by atoms with Crippen molar-refractivity contribution in [3.05, 3.63) is 58.0 Å². The van der Waals surface area contributed by atoms with E-state index in [0.717, 1.165) is 0 Å². The molecule has 0 unspecified atom stereocenters. The fourth-order valence-corrected chi connectivity index (χ4v) is 2.35. The van der Waals surface area contributed by atoms with Crippen molar-refractivity contribution in [1.29, 1.82) is 0 Å². The van der Waals surface area contributed by atoms with E-state index in [4.69, 9.17) is 10.2 Å². The maximum Gasteiger partial charge on any atom is 0.253 e. The molecule has 0 bridgehead atoms. The number of hydrogen-bond acceptors (Lipinski definition) is 4. The standard InChI is InChI=1S/C14H9NO4/c1-6-9(14(15)18)10-11(16)7-4-2-3-5-8(7)12(17)13(10)19-6/h2-5H,1H3,(H2,15,18). The van der Waals surface area contributed by atoms with Crippen LogP contribution < -0.4 is 5.73 Å². The second-order valence-electron chi connectivity index (χ2n) is 4.31. The number of furan rings is 1. The Morgan fingerprint density at radius 1 is 1.11 bits per heavy atom. The average molecular weight is 255 g/mol. The Bertz CT molecular complexity index is 755. The third kappa shape index (κ3) is 1.38. The minimum absolute atomic E-state index is 0.0112. The molecule has 5 heteroatoms. The van der Waals surface area contributed by atoms with Crippen LogP contribution in [0.5, 0.6) is 0 Å². The number of fused-ring (bicyclic) bond motifs is 2. The summed E-state index contributed by atoms with van der Waals surface area (Å²) >= 11 is 0. The van der Waals surface area contributed by atoms with Crippen LogP contribution in [-0.2, 0) is 0 Å². The fraction of sp³-hybridized carbons (Fsp3) is 0.0714. The monoisotopic (exact) mass is 255 g/mol. The number of rotatable bonds is 1. The predicted octanol–water partition coefficient (Wildman–Crippen LogP) is 1.46. The highest BCUT2D eigenvalue weighted by Crippen LogP contribution is 2.32. The highest BCUT2D eigenvalue weighted by molar-refractivity contribution is 6.30. The zero-order valence-corrected chi connectivity index (χ0v) is 10.0. The topological polar surface area (TPSA) is 90.4 Å². The van der Waals surface area contributed by atoms with Crippen molar-refractivity contribution >= 4 is 17.5 Å². The van der Waals surface area contributed by atoms with E-state index in [1.807, 2.05) is 0 Å².